The summed E-state index contributed by atoms with van der Waals surface area (Å²) in [4.78, 5) is 26.4. The first kappa shape index (κ1) is 19.2. The lowest BCUT2D eigenvalue weighted by Gasteiger charge is -2.29. The van der Waals surface area contributed by atoms with Crippen LogP contribution in [-0.2, 0) is 0 Å². The Morgan fingerprint density at radius 3 is 2.59 bits per heavy atom. The van der Waals surface area contributed by atoms with Crippen LogP contribution in [0.25, 0.3) is 16.5 Å². The Labute approximate surface area is 170 Å². The first-order valence-electron chi connectivity index (χ1n) is 10.2. The zero-order chi connectivity index (χ0) is 20.4. The van der Waals surface area contributed by atoms with Gasteiger partial charge in [0.2, 0.25) is 0 Å². The van der Waals surface area contributed by atoms with Crippen molar-refractivity contribution in [3.63, 3.8) is 0 Å². The molecule has 2 atom stereocenters. The predicted octanol–water partition coefficient (Wildman–Crippen LogP) is 4.31. The maximum atomic E-state index is 13.2. The minimum Gasteiger partial charge on any atom is -0.497 e. The number of nitrogens with zero attached hydrogens (tertiary/aromatic N) is 1. The number of carbonyl (C=O) groups excluding carboxylic acids is 1. The number of hydrogen-bond acceptors (Lipinski definition) is 3. The molecular weight excluding hydrogens is 364 g/mol. The van der Waals surface area contributed by atoms with Crippen molar-refractivity contribution in [3.05, 3.63) is 70.6 Å². The normalized spacial score (nSPS) is 19.1. The summed E-state index contributed by atoms with van der Waals surface area (Å²) in [5, 5.41) is 4.42. The third-order valence-electron chi connectivity index (χ3n) is 5.93. The number of amides is 1. The summed E-state index contributed by atoms with van der Waals surface area (Å²) in [5.74, 6) is 0.990. The van der Waals surface area contributed by atoms with Crippen molar-refractivity contribution in [3.8, 4) is 11.4 Å². The van der Waals surface area contributed by atoms with Crippen molar-refractivity contribution < 1.29 is 9.53 Å². The Bertz CT molecular complexity index is 1100. The molecule has 150 valence electrons. The molecule has 1 aliphatic rings. The van der Waals surface area contributed by atoms with Gasteiger partial charge in [0, 0.05) is 29.1 Å². The Morgan fingerprint density at radius 1 is 1.07 bits per heavy atom. The van der Waals surface area contributed by atoms with Gasteiger partial charge in [-0.1, -0.05) is 44.0 Å². The van der Waals surface area contributed by atoms with Gasteiger partial charge in [0.15, 0.2) is 0 Å². The van der Waals surface area contributed by atoms with Crippen LogP contribution in [0.2, 0.25) is 0 Å². The van der Waals surface area contributed by atoms with Crippen molar-refractivity contribution in [2.45, 2.75) is 38.6 Å². The highest BCUT2D eigenvalue weighted by Gasteiger charge is 2.24. The van der Waals surface area contributed by atoms with Crippen molar-refractivity contribution in [1.82, 2.24) is 9.88 Å². The number of pyridine rings is 1. The van der Waals surface area contributed by atoms with Crippen LogP contribution >= 0.6 is 0 Å². The Balaban J connectivity index is 1.81. The van der Waals surface area contributed by atoms with Gasteiger partial charge in [-0.3, -0.25) is 14.2 Å². The molecule has 1 fully saturated rings. The number of rotatable bonds is 4. The zero-order valence-corrected chi connectivity index (χ0v) is 16.9. The highest BCUT2D eigenvalue weighted by Crippen LogP contribution is 2.25. The van der Waals surface area contributed by atoms with Crippen LogP contribution in [0, 0.1) is 5.92 Å². The van der Waals surface area contributed by atoms with Gasteiger partial charge in [0.1, 0.15) is 5.75 Å². The predicted molar refractivity (Wildman–Crippen MR) is 115 cm³/mol. The number of carbonyl (C=O) groups is 1. The molecule has 1 aromatic heterocycles. The summed E-state index contributed by atoms with van der Waals surface area (Å²) in [6.45, 7) is 2.19. The number of fused-ring (bicyclic) bond motifs is 1. The van der Waals surface area contributed by atoms with Gasteiger partial charge in [0.25, 0.3) is 11.5 Å². The Morgan fingerprint density at radius 2 is 1.83 bits per heavy atom. The summed E-state index contributed by atoms with van der Waals surface area (Å²) in [6.07, 6.45) is 6.15. The minimum atomic E-state index is -0.156. The van der Waals surface area contributed by atoms with Crippen molar-refractivity contribution in [2.24, 2.45) is 5.92 Å². The molecule has 1 heterocycles. The third-order valence-corrected chi connectivity index (χ3v) is 5.93. The molecular formula is C24H26N2O3. The van der Waals surface area contributed by atoms with E-state index in [0.29, 0.717) is 33.7 Å². The van der Waals surface area contributed by atoms with E-state index in [4.69, 9.17) is 4.74 Å². The van der Waals surface area contributed by atoms with E-state index in [1.807, 2.05) is 36.4 Å². The molecule has 5 heteroatoms. The molecule has 1 N–H and O–H groups in total. The topological polar surface area (TPSA) is 60.3 Å². The lowest BCUT2D eigenvalue weighted by atomic mass is 9.86. The maximum Gasteiger partial charge on any atom is 0.262 e. The molecule has 1 aliphatic carbocycles. The Kier molecular flexibility index (Phi) is 5.38. The number of hydrogen-bond donors (Lipinski definition) is 1. The first-order valence-corrected chi connectivity index (χ1v) is 10.2. The largest absolute Gasteiger partial charge is 0.497 e. The van der Waals surface area contributed by atoms with Crippen LogP contribution in [-0.4, -0.2) is 23.6 Å². The van der Waals surface area contributed by atoms with Gasteiger partial charge in [-0.25, -0.2) is 0 Å². The molecule has 3 aromatic rings. The number of benzene rings is 2. The fourth-order valence-electron chi connectivity index (χ4n) is 4.20. The van der Waals surface area contributed by atoms with Gasteiger partial charge in [-0.15, -0.1) is 0 Å². The number of nitrogens with one attached hydrogen (secondary N) is 1. The van der Waals surface area contributed by atoms with Crippen molar-refractivity contribution in [1.29, 1.82) is 0 Å². The number of methoxy groups -OCH3 is 1. The summed E-state index contributed by atoms with van der Waals surface area (Å²) in [5.41, 5.74) is 1.03. The molecule has 0 bridgehead atoms. The highest BCUT2D eigenvalue weighted by atomic mass is 16.5. The molecule has 0 radical (unpaired) electrons. The van der Waals surface area contributed by atoms with Crippen LogP contribution in [0.15, 0.2) is 59.5 Å². The van der Waals surface area contributed by atoms with Gasteiger partial charge in [-0.2, -0.15) is 0 Å². The molecule has 1 saturated carbocycles. The average molecular weight is 390 g/mol. The third kappa shape index (κ3) is 3.77. The van der Waals surface area contributed by atoms with E-state index in [9.17, 15) is 9.59 Å². The summed E-state index contributed by atoms with van der Waals surface area (Å²) in [7, 11) is 1.59. The van der Waals surface area contributed by atoms with E-state index in [1.54, 1.807) is 25.4 Å². The van der Waals surface area contributed by atoms with E-state index in [-0.39, 0.29) is 17.5 Å². The van der Waals surface area contributed by atoms with Crippen molar-refractivity contribution >= 4 is 16.7 Å². The monoisotopic (exact) mass is 390 g/mol. The van der Waals surface area contributed by atoms with E-state index in [2.05, 4.69) is 12.2 Å². The summed E-state index contributed by atoms with van der Waals surface area (Å²) < 4.78 is 6.83. The first-order chi connectivity index (χ1) is 14.1. The molecule has 29 heavy (non-hydrogen) atoms. The molecule has 1 amide bonds. The lowest BCUT2D eigenvalue weighted by Crippen LogP contribution is -2.41. The maximum absolute atomic E-state index is 13.2. The standard InChI is InChI=1S/C24H26N2O3/c1-16-8-3-6-13-22(16)25-23(27)21-15-26(17-9-7-10-18(14-17)29-2)24(28)20-12-5-4-11-19(20)21/h4-5,7,9-12,14-16,22H,3,6,8,13H2,1-2H3,(H,25,27). The smallest absolute Gasteiger partial charge is 0.262 e. The Hall–Kier alpha value is -3.08. The average Bonchev–Trinajstić information content (AvgIpc) is 2.76. The molecule has 0 aliphatic heterocycles. The van der Waals surface area contributed by atoms with Gasteiger partial charge >= 0.3 is 0 Å². The molecule has 2 unspecified atom stereocenters. The summed E-state index contributed by atoms with van der Waals surface area (Å²) in [6, 6.07) is 14.8. The molecule has 5 nitrogen and oxygen atoms in total. The van der Waals surface area contributed by atoms with E-state index >= 15 is 0 Å². The second-order valence-corrected chi connectivity index (χ2v) is 7.81. The second kappa shape index (κ2) is 8.11. The van der Waals surface area contributed by atoms with E-state index < -0.39 is 0 Å². The molecule has 0 spiro atoms. The fourth-order valence-corrected chi connectivity index (χ4v) is 4.20. The van der Waals surface area contributed by atoms with Crippen LogP contribution in [0.3, 0.4) is 0 Å². The molecule has 4 rings (SSSR count). The van der Waals surface area contributed by atoms with Crippen LogP contribution in [0.5, 0.6) is 5.75 Å². The fraction of sp³-hybridized carbons (Fsp3) is 0.333. The summed E-state index contributed by atoms with van der Waals surface area (Å²) >= 11 is 0. The van der Waals surface area contributed by atoms with Gasteiger partial charge in [0.05, 0.1) is 18.4 Å². The number of aromatic nitrogens is 1. The van der Waals surface area contributed by atoms with Crippen LogP contribution in [0.1, 0.15) is 43.0 Å². The van der Waals surface area contributed by atoms with Crippen molar-refractivity contribution in [2.75, 3.05) is 7.11 Å². The van der Waals surface area contributed by atoms with E-state index in [0.717, 1.165) is 19.3 Å². The SMILES string of the molecule is COc1cccc(-n2cc(C(=O)NC3CCCCC3C)c3ccccc3c2=O)c1. The van der Waals surface area contributed by atoms with Crippen LogP contribution < -0.4 is 15.6 Å². The second-order valence-electron chi connectivity index (χ2n) is 7.81. The minimum absolute atomic E-state index is 0.128. The molecule has 2 aromatic carbocycles. The highest BCUT2D eigenvalue weighted by molar-refractivity contribution is 6.06. The molecule has 0 saturated heterocycles. The lowest BCUT2D eigenvalue weighted by molar-refractivity contribution is 0.0911. The van der Waals surface area contributed by atoms with Gasteiger partial charge in [-0.05, 0) is 37.0 Å². The van der Waals surface area contributed by atoms with Gasteiger partial charge < -0.3 is 10.1 Å². The number of ether oxygens (including phenoxy) is 1. The zero-order valence-electron chi connectivity index (χ0n) is 16.9. The van der Waals surface area contributed by atoms with Crippen LogP contribution in [0.4, 0.5) is 0 Å². The quantitative estimate of drug-likeness (QED) is 0.722. The van der Waals surface area contributed by atoms with E-state index in [1.165, 1.54) is 11.0 Å².